The summed E-state index contributed by atoms with van der Waals surface area (Å²) in [5.41, 5.74) is 0.807. The molecule has 1 aliphatic rings. The van der Waals surface area contributed by atoms with Gasteiger partial charge in [0.15, 0.2) is 0 Å². The van der Waals surface area contributed by atoms with Gasteiger partial charge < -0.3 is 9.64 Å². The number of nitro groups is 1. The molecule has 1 aliphatic heterocycles. The van der Waals surface area contributed by atoms with E-state index in [1.807, 2.05) is 18.2 Å². The summed E-state index contributed by atoms with van der Waals surface area (Å²) in [5, 5.41) is 12.4. The number of carbonyl (C=O) groups is 2. The number of carbonyl (C=O) groups excluding carboxylic acids is 2. The van der Waals surface area contributed by atoms with Gasteiger partial charge in [0.05, 0.1) is 32.3 Å². The zero-order valence-corrected chi connectivity index (χ0v) is 17.8. The van der Waals surface area contributed by atoms with E-state index in [-0.39, 0.29) is 35.2 Å². The normalized spacial score (nSPS) is 14.5. The number of amides is 1. The number of hydrogen-bond acceptors (Lipinski definition) is 7. The van der Waals surface area contributed by atoms with Gasteiger partial charge >= 0.3 is 5.97 Å². The van der Waals surface area contributed by atoms with Gasteiger partial charge in [-0.05, 0) is 38.0 Å². The topological polar surface area (TPSA) is 103 Å². The van der Waals surface area contributed by atoms with Crippen LogP contribution >= 0.6 is 11.3 Å². The summed E-state index contributed by atoms with van der Waals surface area (Å²) in [5.74, 6) is -0.728. The van der Waals surface area contributed by atoms with E-state index in [4.69, 9.17) is 9.72 Å². The maximum absolute atomic E-state index is 13.0. The fourth-order valence-electron chi connectivity index (χ4n) is 3.75. The minimum atomic E-state index is -0.685. The van der Waals surface area contributed by atoms with Crippen LogP contribution in [0.5, 0.6) is 0 Å². The molecule has 8 nitrogen and oxygen atoms in total. The summed E-state index contributed by atoms with van der Waals surface area (Å²) >= 11 is 1.68. The number of nitrogens with zero attached hydrogens (tertiary/aromatic N) is 3. The van der Waals surface area contributed by atoms with Crippen LogP contribution in [0.25, 0.3) is 10.2 Å². The number of para-hydroxylation sites is 1. The lowest BCUT2D eigenvalue weighted by Crippen LogP contribution is -2.38. The number of aromatic nitrogens is 1. The van der Waals surface area contributed by atoms with Crippen molar-refractivity contribution in [1.29, 1.82) is 0 Å². The van der Waals surface area contributed by atoms with Crippen LogP contribution in [0, 0.1) is 10.1 Å². The van der Waals surface area contributed by atoms with E-state index in [2.05, 4.69) is 6.07 Å². The highest BCUT2D eigenvalue weighted by Crippen LogP contribution is 2.34. The molecule has 3 aromatic rings. The molecule has 2 aromatic carbocycles. The first-order valence-electron chi connectivity index (χ1n) is 10.1. The molecular weight excluding hydrogens is 418 g/mol. The zero-order valence-electron chi connectivity index (χ0n) is 16.9. The van der Waals surface area contributed by atoms with Crippen LogP contribution in [-0.2, 0) is 4.74 Å². The monoisotopic (exact) mass is 439 g/mol. The summed E-state index contributed by atoms with van der Waals surface area (Å²) in [6.07, 6.45) is 1.54. The molecule has 1 saturated heterocycles. The van der Waals surface area contributed by atoms with E-state index >= 15 is 0 Å². The number of thiazole rings is 1. The van der Waals surface area contributed by atoms with E-state index in [1.165, 1.54) is 12.1 Å². The Balaban J connectivity index is 1.50. The highest BCUT2D eigenvalue weighted by molar-refractivity contribution is 7.18. The van der Waals surface area contributed by atoms with Crippen LogP contribution in [-0.4, -0.2) is 46.4 Å². The Kier molecular flexibility index (Phi) is 5.94. The van der Waals surface area contributed by atoms with Crippen molar-refractivity contribution in [3.8, 4) is 0 Å². The molecule has 1 aromatic heterocycles. The first-order chi connectivity index (χ1) is 15.0. The number of hydrogen-bond donors (Lipinski definition) is 0. The highest BCUT2D eigenvalue weighted by atomic mass is 32.1. The molecule has 0 aliphatic carbocycles. The number of piperidine rings is 1. The molecule has 2 heterocycles. The molecule has 0 saturated carbocycles. The number of non-ortho nitro benzene ring substituents is 1. The average Bonchev–Trinajstić information content (AvgIpc) is 3.23. The maximum atomic E-state index is 13.0. The van der Waals surface area contributed by atoms with Gasteiger partial charge in [0.1, 0.15) is 0 Å². The molecule has 0 atom stereocenters. The molecule has 0 N–H and O–H groups in total. The summed E-state index contributed by atoms with van der Waals surface area (Å²) in [7, 11) is 0. The molecule has 160 valence electrons. The minimum Gasteiger partial charge on any atom is -0.462 e. The van der Waals surface area contributed by atoms with Crippen molar-refractivity contribution in [3.05, 3.63) is 68.7 Å². The molecule has 31 heavy (non-hydrogen) atoms. The molecule has 0 radical (unpaired) electrons. The van der Waals surface area contributed by atoms with Crippen LogP contribution < -0.4 is 0 Å². The summed E-state index contributed by atoms with van der Waals surface area (Å²) < 4.78 is 6.09. The molecule has 0 bridgehead atoms. The predicted octanol–water partition coefficient (Wildman–Crippen LogP) is 4.40. The van der Waals surface area contributed by atoms with E-state index in [0.29, 0.717) is 13.1 Å². The van der Waals surface area contributed by atoms with E-state index < -0.39 is 10.9 Å². The quantitative estimate of drug-likeness (QED) is 0.332. The number of likely N-dealkylation sites (tertiary alicyclic amines) is 1. The van der Waals surface area contributed by atoms with E-state index in [9.17, 15) is 19.7 Å². The second-order valence-corrected chi connectivity index (χ2v) is 8.39. The van der Waals surface area contributed by atoms with Gasteiger partial charge in [-0.1, -0.05) is 12.1 Å². The Labute approximate surface area is 182 Å². The van der Waals surface area contributed by atoms with Crippen molar-refractivity contribution in [2.24, 2.45) is 0 Å². The fraction of sp³-hybridized carbons (Fsp3) is 0.318. The number of rotatable bonds is 5. The predicted molar refractivity (Wildman–Crippen MR) is 117 cm³/mol. The standard InChI is InChI=1S/C22H21N3O5S/c1-2-30-22(27)16-11-15(12-17(13-16)25(28)29)21(26)24-9-7-14(8-10-24)20-23-18-5-3-4-6-19(18)31-20/h3-6,11-14H,2,7-10H2,1H3. The Morgan fingerprint density at radius 1 is 1.19 bits per heavy atom. The van der Waals surface area contributed by atoms with Gasteiger partial charge in [-0.15, -0.1) is 11.3 Å². The highest BCUT2D eigenvalue weighted by Gasteiger charge is 2.28. The number of nitro benzene ring substituents is 1. The van der Waals surface area contributed by atoms with Gasteiger partial charge in [0, 0.05) is 36.7 Å². The van der Waals surface area contributed by atoms with Gasteiger partial charge in [-0.3, -0.25) is 14.9 Å². The lowest BCUT2D eigenvalue weighted by atomic mass is 9.96. The van der Waals surface area contributed by atoms with Crippen molar-refractivity contribution in [2.75, 3.05) is 19.7 Å². The van der Waals surface area contributed by atoms with Gasteiger partial charge in [0.25, 0.3) is 11.6 Å². The number of benzene rings is 2. The Morgan fingerprint density at radius 3 is 2.58 bits per heavy atom. The lowest BCUT2D eigenvalue weighted by Gasteiger charge is -2.31. The first kappa shape index (κ1) is 20.9. The SMILES string of the molecule is CCOC(=O)c1cc(C(=O)N2CCC(c3nc4ccccc4s3)CC2)cc([N+](=O)[O-])c1. The van der Waals surface area contributed by atoms with Crippen molar-refractivity contribution in [3.63, 3.8) is 0 Å². The lowest BCUT2D eigenvalue weighted by molar-refractivity contribution is -0.384. The number of fused-ring (bicyclic) bond motifs is 1. The molecule has 1 fully saturated rings. The van der Waals surface area contributed by atoms with Crippen molar-refractivity contribution < 1.29 is 19.2 Å². The van der Waals surface area contributed by atoms with E-state index in [1.54, 1.807) is 23.2 Å². The largest absolute Gasteiger partial charge is 0.462 e. The number of ether oxygens (including phenoxy) is 1. The molecular formula is C22H21N3O5S. The molecule has 0 spiro atoms. The minimum absolute atomic E-state index is 0.00348. The molecule has 4 rings (SSSR count). The van der Waals surface area contributed by atoms with Gasteiger partial charge in [-0.2, -0.15) is 0 Å². The third kappa shape index (κ3) is 4.41. The summed E-state index contributed by atoms with van der Waals surface area (Å²) in [4.78, 5) is 42.2. The Morgan fingerprint density at radius 2 is 1.90 bits per heavy atom. The second-order valence-electron chi connectivity index (χ2n) is 7.33. The number of esters is 1. The van der Waals surface area contributed by atoms with Gasteiger partial charge in [0.2, 0.25) is 0 Å². The van der Waals surface area contributed by atoms with Crippen molar-refractivity contribution >= 4 is 39.1 Å². The first-order valence-corrected chi connectivity index (χ1v) is 10.9. The van der Waals surface area contributed by atoms with Crippen LogP contribution in [0.2, 0.25) is 0 Å². The van der Waals surface area contributed by atoms with Crippen molar-refractivity contribution in [2.45, 2.75) is 25.7 Å². The summed E-state index contributed by atoms with van der Waals surface area (Å²) in [6, 6.07) is 11.7. The van der Waals surface area contributed by atoms with Crippen LogP contribution in [0.3, 0.4) is 0 Å². The zero-order chi connectivity index (χ0) is 22.0. The maximum Gasteiger partial charge on any atom is 0.338 e. The average molecular weight is 439 g/mol. The third-order valence-electron chi connectivity index (χ3n) is 5.33. The molecule has 1 amide bonds. The molecule has 9 heteroatoms. The summed E-state index contributed by atoms with van der Waals surface area (Å²) in [6.45, 7) is 2.84. The smallest absolute Gasteiger partial charge is 0.338 e. The molecule has 0 unspecified atom stereocenters. The Hall–Kier alpha value is -3.33. The van der Waals surface area contributed by atoms with Gasteiger partial charge in [-0.25, -0.2) is 9.78 Å². The van der Waals surface area contributed by atoms with Crippen molar-refractivity contribution in [1.82, 2.24) is 9.88 Å². The Bertz CT molecular complexity index is 1120. The van der Waals surface area contributed by atoms with Crippen LogP contribution in [0.15, 0.2) is 42.5 Å². The van der Waals surface area contributed by atoms with Crippen LogP contribution in [0.4, 0.5) is 5.69 Å². The van der Waals surface area contributed by atoms with E-state index in [0.717, 1.165) is 34.1 Å². The second kappa shape index (κ2) is 8.81. The van der Waals surface area contributed by atoms with Crippen LogP contribution in [0.1, 0.15) is 51.4 Å². The fourth-order valence-corrected chi connectivity index (χ4v) is 4.89. The third-order valence-corrected chi connectivity index (χ3v) is 6.53.